The Morgan fingerprint density at radius 1 is 1.17 bits per heavy atom. The van der Waals surface area contributed by atoms with Gasteiger partial charge in [-0.25, -0.2) is 0 Å². The summed E-state index contributed by atoms with van der Waals surface area (Å²) in [6, 6.07) is 0. The van der Waals surface area contributed by atoms with E-state index in [1.54, 1.807) is 0 Å². The fraction of sp³-hybridized carbons (Fsp3) is 1.00. The molecule has 1 saturated heterocycles. The molecule has 1 aliphatic rings. The van der Waals surface area contributed by atoms with E-state index < -0.39 is 0 Å². The third kappa shape index (κ3) is 3.58. The van der Waals surface area contributed by atoms with Crippen LogP contribution < -0.4 is 0 Å². The lowest BCUT2D eigenvalue weighted by molar-refractivity contribution is -0.147. The molecule has 0 radical (unpaired) electrons. The SMILES string of the molecule is CC1(CCCCCI)OCCO1. The van der Waals surface area contributed by atoms with Crippen LogP contribution in [0.5, 0.6) is 0 Å². The molecule has 0 aromatic rings. The number of hydrogen-bond acceptors (Lipinski definition) is 2. The van der Waals surface area contributed by atoms with Crippen LogP contribution in [-0.2, 0) is 9.47 Å². The number of ether oxygens (including phenoxy) is 2. The molecule has 0 saturated carbocycles. The molecule has 1 fully saturated rings. The second kappa shape index (κ2) is 5.40. The summed E-state index contributed by atoms with van der Waals surface area (Å²) in [5, 5.41) is 0. The maximum Gasteiger partial charge on any atom is 0.165 e. The van der Waals surface area contributed by atoms with Crippen molar-refractivity contribution < 1.29 is 9.47 Å². The summed E-state index contributed by atoms with van der Waals surface area (Å²) in [6.45, 7) is 3.58. The number of alkyl halides is 1. The van der Waals surface area contributed by atoms with Crippen LogP contribution >= 0.6 is 22.6 Å². The molecule has 2 nitrogen and oxygen atoms in total. The predicted octanol–water partition coefficient (Wildman–Crippen LogP) is 2.74. The third-order valence-corrected chi connectivity index (χ3v) is 2.93. The molecular formula is C9H17IO2. The summed E-state index contributed by atoms with van der Waals surface area (Å²) >= 11 is 2.42. The van der Waals surface area contributed by atoms with Crippen molar-refractivity contribution >= 4 is 22.6 Å². The molecule has 1 rings (SSSR count). The lowest BCUT2D eigenvalue weighted by Gasteiger charge is -2.21. The van der Waals surface area contributed by atoms with E-state index in [0.29, 0.717) is 0 Å². The Hall–Kier alpha value is 0.650. The fourth-order valence-corrected chi connectivity index (χ4v) is 1.96. The van der Waals surface area contributed by atoms with Gasteiger partial charge in [-0.1, -0.05) is 29.0 Å². The minimum Gasteiger partial charge on any atom is -0.348 e. The van der Waals surface area contributed by atoms with Crippen molar-refractivity contribution in [2.75, 3.05) is 17.6 Å². The average Bonchev–Trinajstić information content (AvgIpc) is 2.47. The van der Waals surface area contributed by atoms with Gasteiger partial charge in [0, 0.05) is 6.42 Å². The van der Waals surface area contributed by atoms with Crippen LogP contribution in [0.3, 0.4) is 0 Å². The van der Waals surface area contributed by atoms with Gasteiger partial charge in [-0.2, -0.15) is 0 Å². The van der Waals surface area contributed by atoms with E-state index in [-0.39, 0.29) is 5.79 Å². The van der Waals surface area contributed by atoms with Gasteiger partial charge in [-0.15, -0.1) is 0 Å². The fourth-order valence-electron chi connectivity index (χ4n) is 1.42. The zero-order valence-electron chi connectivity index (χ0n) is 7.64. The number of hydrogen-bond donors (Lipinski definition) is 0. The minimum absolute atomic E-state index is 0.259. The van der Waals surface area contributed by atoms with E-state index in [1.165, 1.54) is 23.7 Å². The molecule has 0 atom stereocenters. The van der Waals surface area contributed by atoms with Crippen LogP contribution in [0.1, 0.15) is 32.6 Å². The number of unbranched alkanes of at least 4 members (excludes halogenated alkanes) is 2. The van der Waals surface area contributed by atoms with Crippen molar-refractivity contribution in [3.63, 3.8) is 0 Å². The molecule has 1 heterocycles. The van der Waals surface area contributed by atoms with Crippen molar-refractivity contribution in [1.29, 1.82) is 0 Å². The van der Waals surface area contributed by atoms with Crippen molar-refractivity contribution in [3.05, 3.63) is 0 Å². The highest BCUT2D eigenvalue weighted by atomic mass is 127. The Morgan fingerprint density at radius 2 is 1.83 bits per heavy atom. The minimum atomic E-state index is -0.259. The smallest absolute Gasteiger partial charge is 0.165 e. The van der Waals surface area contributed by atoms with Gasteiger partial charge < -0.3 is 9.47 Å². The third-order valence-electron chi connectivity index (χ3n) is 2.16. The normalized spacial score (nSPS) is 21.5. The second-order valence-corrected chi connectivity index (χ2v) is 4.41. The zero-order valence-corrected chi connectivity index (χ0v) is 9.80. The number of rotatable bonds is 5. The van der Waals surface area contributed by atoms with Crippen molar-refractivity contribution in [3.8, 4) is 0 Å². The van der Waals surface area contributed by atoms with E-state index in [9.17, 15) is 0 Å². The van der Waals surface area contributed by atoms with Gasteiger partial charge >= 0.3 is 0 Å². The Labute approximate surface area is 88.1 Å². The highest BCUT2D eigenvalue weighted by Crippen LogP contribution is 2.24. The first-order valence-corrected chi connectivity index (χ1v) is 6.13. The van der Waals surface area contributed by atoms with E-state index in [1.807, 2.05) is 6.92 Å². The summed E-state index contributed by atoms with van der Waals surface area (Å²) in [5.41, 5.74) is 0. The van der Waals surface area contributed by atoms with E-state index in [0.717, 1.165) is 19.6 Å². The highest BCUT2D eigenvalue weighted by Gasteiger charge is 2.29. The molecule has 0 spiro atoms. The molecule has 1 aliphatic heterocycles. The highest BCUT2D eigenvalue weighted by molar-refractivity contribution is 14.1. The molecule has 72 valence electrons. The number of halogens is 1. The summed E-state index contributed by atoms with van der Waals surface area (Å²) in [5.74, 6) is -0.259. The van der Waals surface area contributed by atoms with Gasteiger partial charge in [0.05, 0.1) is 13.2 Å². The first-order chi connectivity index (χ1) is 5.77. The molecule has 3 heteroatoms. The van der Waals surface area contributed by atoms with E-state index >= 15 is 0 Å². The van der Waals surface area contributed by atoms with Crippen LogP contribution in [0, 0.1) is 0 Å². The van der Waals surface area contributed by atoms with Gasteiger partial charge in [0.15, 0.2) is 5.79 Å². The van der Waals surface area contributed by atoms with Crippen molar-refractivity contribution in [1.82, 2.24) is 0 Å². The topological polar surface area (TPSA) is 18.5 Å². The molecule has 0 aromatic heterocycles. The zero-order chi connectivity index (χ0) is 8.86. The Bertz CT molecular complexity index is 122. The van der Waals surface area contributed by atoms with Gasteiger partial charge in [-0.3, -0.25) is 0 Å². The van der Waals surface area contributed by atoms with Crippen LogP contribution in [-0.4, -0.2) is 23.4 Å². The lowest BCUT2D eigenvalue weighted by Crippen LogP contribution is -2.24. The molecular weight excluding hydrogens is 267 g/mol. The van der Waals surface area contributed by atoms with Gasteiger partial charge in [-0.05, 0) is 24.2 Å². The molecule has 0 aliphatic carbocycles. The van der Waals surface area contributed by atoms with Gasteiger partial charge in [0.2, 0.25) is 0 Å². The van der Waals surface area contributed by atoms with Gasteiger partial charge in [0.25, 0.3) is 0 Å². The monoisotopic (exact) mass is 284 g/mol. The molecule has 0 amide bonds. The quantitative estimate of drug-likeness (QED) is 0.439. The van der Waals surface area contributed by atoms with E-state index in [2.05, 4.69) is 22.6 Å². The molecule has 0 aromatic carbocycles. The Balaban J connectivity index is 2.05. The first-order valence-electron chi connectivity index (χ1n) is 4.61. The van der Waals surface area contributed by atoms with E-state index in [4.69, 9.17) is 9.47 Å². The van der Waals surface area contributed by atoms with Gasteiger partial charge in [0.1, 0.15) is 0 Å². The standard InChI is InChI=1S/C9H17IO2/c1-9(11-7-8-12-9)5-3-2-4-6-10/h2-8H2,1H3. The summed E-state index contributed by atoms with van der Waals surface area (Å²) < 4.78 is 12.3. The summed E-state index contributed by atoms with van der Waals surface area (Å²) in [6.07, 6.45) is 4.88. The van der Waals surface area contributed by atoms with Crippen LogP contribution in [0.15, 0.2) is 0 Å². The largest absolute Gasteiger partial charge is 0.348 e. The molecule has 0 N–H and O–H groups in total. The summed E-state index contributed by atoms with van der Waals surface area (Å²) in [7, 11) is 0. The van der Waals surface area contributed by atoms with Crippen LogP contribution in [0.25, 0.3) is 0 Å². The van der Waals surface area contributed by atoms with Crippen molar-refractivity contribution in [2.24, 2.45) is 0 Å². The van der Waals surface area contributed by atoms with Crippen LogP contribution in [0.2, 0.25) is 0 Å². The molecule has 0 unspecified atom stereocenters. The Kier molecular flexibility index (Phi) is 4.82. The molecule has 0 bridgehead atoms. The van der Waals surface area contributed by atoms with Crippen LogP contribution in [0.4, 0.5) is 0 Å². The molecule has 12 heavy (non-hydrogen) atoms. The van der Waals surface area contributed by atoms with Crippen molar-refractivity contribution in [2.45, 2.75) is 38.4 Å². The first kappa shape index (κ1) is 10.7. The maximum atomic E-state index is 5.50. The lowest BCUT2D eigenvalue weighted by atomic mass is 10.1. The maximum absolute atomic E-state index is 5.50. The second-order valence-electron chi connectivity index (χ2n) is 3.33. The Morgan fingerprint density at radius 3 is 2.42 bits per heavy atom. The average molecular weight is 284 g/mol. The predicted molar refractivity (Wildman–Crippen MR) is 57.7 cm³/mol. The summed E-state index contributed by atoms with van der Waals surface area (Å²) in [4.78, 5) is 0.